The van der Waals surface area contributed by atoms with Crippen molar-refractivity contribution in [1.29, 1.82) is 0 Å². The molecule has 3 atom stereocenters. The summed E-state index contributed by atoms with van der Waals surface area (Å²) >= 11 is 0. The van der Waals surface area contributed by atoms with Gasteiger partial charge in [0.25, 0.3) is 0 Å². The maximum atomic E-state index is 12.7. The first kappa shape index (κ1) is 27.0. The number of carbonyl (C=O) groups excluding carboxylic acids is 1. The number of unbranched alkanes of at least 4 members (excludes halogenated alkanes) is 2. The van der Waals surface area contributed by atoms with Crippen molar-refractivity contribution in [2.45, 2.75) is 64.2 Å². The van der Waals surface area contributed by atoms with Crippen molar-refractivity contribution < 1.29 is 24.5 Å². The molecule has 7 heteroatoms. The summed E-state index contributed by atoms with van der Waals surface area (Å²) in [6.45, 7) is 6.83. The van der Waals surface area contributed by atoms with E-state index in [1.165, 1.54) is 0 Å². The van der Waals surface area contributed by atoms with Gasteiger partial charge in [0.15, 0.2) is 0 Å². The largest absolute Gasteiger partial charge is 0.494 e. The van der Waals surface area contributed by atoms with Crippen LogP contribution in [0.3, 0.4) is 0 Å². The third-order valence-corrected chi connectivity index (χ3v) is 6.29. The lowest BCUT2D eigenvalue weighted by atomic mass is 10.0. The number of ether oxygens (including phenoxy) is 2. The lowest BCUT2D eigenvalue weighted by molar-refractivity contribution is -0.123. The van der Waals surface area contributed by atoms with Crippen LogP contribution < -0.4 is 14.8 Å². The number of amides is 1. The molecule has 35 heavy (non-hydrogen) atoms. The topological polar surface area (TPSA) is 91.3 Å². The van der Waals surface area contributed by atoms with Crippen molar-refractivity contribution in [2.75, 3.05) is 32.8 Å². The van der Waals surface area contributed by atoms with Gasteiger partial charge in [-0.3, -0.25) is 9.69 Å². The van der Waals surface area contributed by atoms with Crippen molar-refractivity contribution in [2.24, 2.45) is 0 Å². The molecule has 1 aliphatic heterocycles. The zero-order valence-corrected chi connectivity index (χ0v) is 21.0. The van der Waals surface area contributed by atoms with Crippen LogP contribution in [0.1, 0.15) is 56.3 Å². The van der Waals surface area contributed by atoms with Crippen LogP contribution in [0.2, 0.25) is 0 Å². The molecule has 0 aromatic heterocycles. The molecule has 1 amide bonds. The normalized spacial score (nSPS) is 17.7. The lowest BCUT2D eigenvalue weighted by Gasteiger charge is -2.29. The predicted octanol–water partition coefficient (Wildman–Crippen LogP) is 3.62. The van der Waals surface area contributed by atoms with Crippen molar-refractivity contribution in [1.82, 2.24) is 10.2 Å². The number of aryl methyl sites for hydroxylation is 1. The van der Waals surface area contributed by atoms with E-state index < -0.39 is 12.1 Å². The van der Waals surface area contributed by atoms with Gasteiger partial charge in [-0.2, -0.15) is 0 Å². The average molecular weight is 485 g/mol. The average Bonchev–Trinajstić information content (AvgIpc) is 3.27. The predicted molar refractivity (Wildman–Crippen MR) is 137 cm³/mol. The van der Waals surface area contributed by atoms with E-state index in [1.54, 1.807) is 0 Å². The summed E-state index contributed by atoms with van der Waals surface area (Å²) < 4.78 is 11.5. The summed E-state index contributed by atoms with van der Waals surface area (Å²) in [6.07, 6.45) is 2.94. The summed E-state index contributed by atoms with van der Waals surface area (Å²) in [5, 5.41) is 24.0. The highest BCUT2D eigenvalue weighted by Crippen LogP contribution is 2.23. The maximum Gasteiger partial charge on any atom is 0.223 e. The summed E-state index contributed by atoms with van der Waals surface area (Å²) in [5.41, 5.74) is 1.86. The first-order chi connectivity index (χ1) is 16.9. The Hall–Kier alpha value is -2.61. The number of likely N-dealkylation sites (tertiary alicyclic amines) is 1. The monoisotopic (exact) mass is 484 g/mol. The second kappa shape index (κ2) is 14.1. The number of β-amino-alcohol motifs (C(OH)–C–C–N with tert-alkyl or cyclic N) is 1. The second-order valence-electron chi connectivity index (χ2n) is 9.36. The Kier molecular flexibility index (Phi) is 10.8. The molecular formula is C28H40N2O5. The number of aliphatic hydroxyl groups is 2. The minimum atomic E-state index is -0.885. The van der Waals surface area contributed by atoms with Crippen LogP contribution in [0.4, 0.5) is 0 Å². The minimum Gasteiger partial charge on any atom is -0.494 e. The molecule has 3 N–H and O–H groups in total. The summed E-state index contributed by atoms with van der Waals surface area (Å²) in [5.74, 6) is 1.31. The van der Waals surface area contributed by atoms with E-state index in [2.05, 4.69) is 17.1 Å². The van der Waals surface area contributed by atoms with Gasteiger partial charge in [0, 0.05) is 19.6 Å². The Morgan fingerprint density at radius 1 is 1.06 bits per heavy atom. The molecule has 1 heterocycles. The maximum absolute atomic E-state index is 12.7. The second-order valence-corrected chi connectivity index (χ2v) is 9.36. The SMILES string of the molecule is CCCCCOc1ccc([C@@H](O)[C@@H](CN2CC[C@H](O)C2)NC(=O)CCOc2ccc(C)cc2)cc1. The van der Waals surface area contributed by atoms with E-state index in [0.717, 1.165) is 42.9 Å². The van der Waals surface area contributed by atoms with Gasteiger partial charge in [-0.05, 0) is 49.6 Å². The van der Waals surface area contributed by atoms with Crippen LogP contribution in [-0.2, 0) is 4.79 Å². The van der Waals surface area contributed by atoms with Crippen LogP contribution in [0.25, 0.3) is 0 Å². The van der Waals surface area contributed by atoms with Crippen LogP contribution in [0, 0.1) is 6.92 Å². The van der Waals surface area contributed by atoms with Crippen molar-refractivity contribution in [3.63, 3.8) is 0 Å². The quantitative estimate of drug-likeness (QED) is 0.355. The van der Waals surface area contributed by atoms with Gasteiger partial charge < -0.3 is 25.0 Å². The van der Waals surface area contributed by atoms with Gasteiger partial charge in [-0.15, -0.1) is 0 Å². The highest BCUT2D eigenvalue weighted by atomic mass is 16.5. The first-order valence-electron chi connectivity index (χ1n) is 12.7. The molecular weight excluding hydrogens is 444 g/mol. The van der Waals surface area contributed by atoms with Gasteiger partial charge in [0.1, 0.15) is 17.6 Å². The number of nitrogens with zero attached hydrogens (tertiary/aromatic N) is 1. The van der Waals surface area contributed by atoms with E-state index in [-0.39, 0.29) is 25.0 Å². The van der Waals surface area contributed by atoms with Gasteiger partial charge >= 0.3 is 0 Å². The standard InChI is InChI=1S/C28H40N2O5/c1-3-4-5-17-34-25-12-8-22(9-13-25)28(33)26(20-30-16-14-23(31)19-30)29-27(32)15-18-35-24-10-6-21(2)7-11-24/h6-13,23,26,28,31,33H,3-5,14-20H2,1-2H3,(H,29,32)/t23-,26+,28+/m0/s1. The molecule has 0 unspecified atom stereocenters. The third kappa shape index (κ3) is 9.17. The molecule has 192 valence electrons. The highest BCUT2D eigenvalue weighted by molar-refractivity contribution is 5.76. The lowest BCUT2D eigenvalue weighted by Crippen LogP contribution is -2.47. The minimum absolute atomic E-state index is 0.184. The van der Waals surface area contributed by atoms with E-state index in [1.807, 2.05) is 55.5 Å². The first-order valence-corrected chi connectivity index (χ1v) is 12.7. The number of rotatable bonds is 14. The molecule has 1 aliphatic rings. The molecule has 2 aromatic carbocycles. The summed E-state index contributed by atoms with van der Waals surface area (Å²) in [6, 6.07) is 14.6. The molecule has 0 saturated carbocycles. The number of benzene rings is 2. The van der Waals surface area contributed by atoms with E-state index in [0.29, 0.717) is 31.7 Å². The molecule has 0 aliphatic carbocycles. The molecule has 2 aromatic rings. The van der Waals surface area contributed by atoms with Gasteiger partial charge in [-0.1, -0.05) is 49.6 Å². The summed E-state index contributed by atoms with van der Waals surface area (Å²) in [7, 11) is 0. The number of carbonyl (C=O) groups is 1. The number of hydrogen-bond donors (Lipinski definition) is 3. The van der Waals surface area contributed by atoms with E-state index >= 15 is 0 Å². The summed E-state index contributed by atoms with van der Waals surface area (Å²) in [4.78, 5) is 14.8. The number of aliphatic hydroxyl groups excluding tert-OH is 2. The third-order valence-electron chi connectivity index (χ3n) is 6.29. The Balaban J connectivity index is 1.56. The van der Waals surface area contributed by atoms with E-state index in [4.69, 9.17) is 9.47 Å². The molecule has 7 nitrogen and oxygen atoms in total. The Labute approximate surface area is 209 Å². The molecule has 1 fully saturated rings. The van der Waals surface area contributed by atoms with Gasteiger partial charge in [0.05, 0.1) is 31.8 Å². The Morgan fingerprint density at radius 2 is 1.71 bits per heavy atom. The number of nitrogens with one attached hydrogen (secondary N) is 1. The van der Waals surface area contributed by atoms with E-state index in [9.17, 15) is 15.0 Å². The molecule has 3 rings (SSSR count). The highest BCUT2D eigenvalue weighted by Gasteiger charge is 2.29. The van der Waals surface area contributed by atoms with Gasteiger partial charge in [0.2, 0.25) is 5.91 Å². The van der Waals surface area contributed by atoms with Crippen LogP contribution in [0.15, 0.2) is 48.5 Å². The van der Waals surface area contributed by atoms with Crippen LogP contribution in [0.5, 0.6) is 11.5 Å². The Morgan fingerprint density at radius 3 is 2.34 bits per heavy atom. The molecule has 0 radical (unpaired) electrons. The molecule has 1 saturated heterocycles. The fourth-order valence-corrected chi connectivity index (χ4v) is 4.19. The smallest absolute Gasteiger partial charge is 0.223 e. The molecule has 0 spiro atoms. The zero-order valence-electron chi connectivity index (χ0n) is 21.0. The fourth-order valence-electron chi connectivity index (χ4n) is 4.19. The number of hydrogen-bond acceptors (Lipinski definition) is 6. The van der Waals surface area contributed by atoms with Crippen LogP contribution in [-0.4, -0.2) is 66.0 Å². The van der Waals surface area contributed by atoms with Gasteiger partial charge in [-0.25, -0.2) is 0 Å². The Bertz CT molecular complexity index is 887. The fraction of sp³-hybridized carbons (Fsp3) is 0.536. The van der Waals surface area contributed by atoms with Crippen LogP contribution >= 0.6 is 0 Å². The molecule has 0 bridgehead atoms. The van der Waals surface area contributed by atoms with Crippen molar-refractivity contribution in [3.8, 4) is 11.5 Å². The van der Waals surface area contributed by atoms with Crippen molar-refractivity contribution >= 4 is 5.91 Å². The zero-order chi connectivity index (χ0) is 25.0. The van der Waals surface area contributed by atoms with Crippen molar-refractivity contribution in [3.05, 3.63) is 59.7 Å².